The van der Waals surface area contributed by atoms with Gasteiger partial charge < -0.3 is 5.32 Å². The second kappa shape index (κ2) is 4.86. The van der Waals surface area contributed by atoms with E-state index in [0.29, 0.717) is 0 Å². The van der Waals surface area contributed by atoms with Crippen LogP contribution < -0.4 is 5.32 Å². The molecule has 2 saturated carbocycles. The molecule has 0 aromatic carbocycles. The lowest BCUT2D eigenvalue weighted by molar-refractivity contribution is 0.316. The summed E-state index contributed by atoms with van der Waals surface area (Å²) >= 11 is 0. The third-order valence-corrected chi connectivity index (χ3v) is 4.63. The summed E-state index contributed by atoms with van der Waals surface area (Å²) in [6.07, 6.45) is 8.63. The summed E-state index contributed by atoms with van der Waals surface area (Å²) in [7, 11) is 0. The average molecular weight is 209 g/mol. The zero-order valence-electron chi connectivity index (χ0n) is 10.6. The van der Waals surface area contributed by atoms with Crippen molar-refractivity contribution >= 4 is 0 Å². The molecule has 0 amide bonds. The molecule has 0 saturated heterocycles. The first-order valence-electron chi connectivity index (χ1n) is 6.96. The number of rotatable bonds is 5. The van der Waals surface area contributed by atoms with Gasteiger partial charge in [-0.25, -0.2) is 0 Å². The molecule has 2 aliphatic rings. The summed E-state index contributed by atoms with van der Waals surface area (Å²) in [5.41, 5.74) is 0. The van der Waals surface area contributed by atoms with Crippen molar-refractivity contribution in [1.82, 2.24) is 5.32 Å². The quantitative estimate of drug-likeness (QED) is 0.729. The van der Waals surface area contributed by atoms with Crippen LogP contribution in [-0.4, -0.2) is 12.1 Å². The Bertz CT molecular complexity index is 198. The number of nitrogens with one attached hydrogen (secondary N) is 1. The van der Waals surface area contributed by atoms with E-state index in [2.05, 4.69) is 26.1 Å². The molecular weight excluding hydrogens is 182 g/mol. The van der Waals surface area contributed by atoms with Crippen LogP contribution in [0.25, 0.3) is 0 Å². The second-order valence-electron chi connectivity index (χ2n) is 5.96. The highest BCUT2D eigenvalue weighted by Gasteiger charge is 2.33. The molecule has 2 aliphatic carbocycles. The Kier molecular flexibility index (Phi) is 3.71. The average Bonchev–Trinajstić information content (AvgIpc) is 2.94. The van der Waals surface area contributed by atoms with Crippen molar-refractivity contribution in [2.75, 3.05) is 0 Å². The molecule has 0 heterocycles. The molecule has 1 N–H and O–H groups in total. The molecule has 2 rings (SSSR count). The molecule has 0 aliphatic heterocycles. The minimum atomic E-state index is 0.751. The van der Waals surface area contributed by atoms with E-state index in [1.165, 1.54) is 38.5 Å². The van der Waals surface area contributed by atoms with Gasteiger partial charge in [-0.3, -0.25) is 0 Å². The fourth-order valence-electron chi connectivity index (χ4n) is 3.35. The molecule has 0 spiro atoms. The predicted molar refractivity (Wildman–Crippen MR) is 65.9 cm³/mol. The number of hydrogen-bond acceptors (Lipinski definition) is 1. The third-order valence-electron chi connectivity index (χ3n) is 4.63. The highest BCUT2D eigenvalue weighted by Crippen LogP contribution is 2.36. The van der Waals surface area contributed by atoms with E-state index in [4.69, 9.17) is 0 Å². The Morgan fingerprint density at radius 2 is 1.93 bits per heavy atom. The minimum Gasteiger partial charge on any atom is -0.311 e. The van der Waals surface area contributed by atoms with Crippen molar-refractivity contribution in [2.45, 2.75) is 71.4 Å². The van der Waals surface area contributed by atoms with E-state index in [-0.39, 0.29) is 0 Å². The summed E-state index contributed by atoms with van der Waals surface area (Å²) < 4.78 is 0. The molecule has 88 valence electrons. The topological polar surface area (TPSA) is 12.0 Å². The molecule has 0 bridgehead atoms. The fraction of sp³-hybridized carbons (Fsp3) is 1.00. The van der Waals surface area contributed by atoms with Crippen LogP contribution in [0.4, 0.5) is 0 Å². The standard InChI is InChI=1S/C14H27N/c1-4-13-7-8-14(11(13)3)15-10(2)9-12-5-6-12/h10-15H,4-9H2,1-3H3. The minimum absolute atomic E-state index is 0.751. The summed E-state index contributed by atoms with van der Waals surface area (Å²) in [4.78, 5) is 0. The second-order valence-corrected chi connectivity index (χ2v) is 5.96. The highest BCUT2D eigenvalue weighted by atomic mass is 15.0. The van der Waals surface area contributed by atoms with Crippen LogP contribution in [0.15, 0.2) is 0 Å². The van der Waals surface area contributed by atoms with Crippen LogP contribution in [0.2, 0.25) is 0 Å². The van der Waals surface area contributed by atoms with E-state index in [1.54, 1.807) is 0 Å². The van der Waals surface area contributed by atoms with Gasteiger partial charge in [-0.2, -0.15) is 0 Å². The highest BCUT2D eigenvalue weighted by molar-refractivity contribution is 4.89. The van der Waals surface area contributed by atoms with E-state index in [1.807, 2.05) is 0 Å². The SMILES string of the molecule is CCC1CCC(NC(C)CC2CC2)C1C. The van der Waals surface area contributed by atoms with Crippen molar-refractivity contribution in [3.8, 4) is 0 Å². The first kappa shape index (κ1) is 11.4. The molecule has 2 fully saturated rings. The molecule has 4 unspecified atom stereocenters. The van der Waals surface area contributed by atoms with Crippen LogP contribution in [0.5, 0.6) is 0 Å². The van der Waals surface area contributed by atoms with Gasteiger partial charge in [0.15, 0.2) is 0 Å². The van der Waals surface area contributed by atoms with Crippen LogP contribution in [0.1, 0.15) is 59.3 Å². The van der Waals surface area contributed by atoms with Gasteiger partial charge in [-0.1, -0.05) is 33.1 Å². The molecule has 0 aromatic heterocycles. The predicted octanol–water partition coefficient (Wildman–Crippen LogP) is 3.59. The Hall–Kier alpha value is -0.0400. The Morgan fingerprint density at radius 3 is 2.47 bits per heavy atom. The summed E-state index contributed by atoms with van der Waals surface area (Å²) in [6.45, 7) is 7.17. The molecule has 1 nitrogen and oxygen atoms in total. The van der Waals surface area contributed by atoms with Crippen LogP contribution in [0.3, 0.4) is 0 Å². The zero-order chi connectivity index (χ0) is 10.8. The maximum Gasteiger partial charge on any atom is 0.00979 e. The Balaban J connectivity index is 1.73. The van der Waals surface area contributed by atoms with E-state index < -0.39 is 0 Å². The van der Waals surface area contributed by atoms with Gasteiger partial charge >= 0.3 is 0 Å². The Labute approximate surface area is 95.0 Å². The van der Waals surface area contributed by atoms with Gasteiger partial charge in [0.05, 0.1) is 0 Å². The zero-order valence-corrected chi connectivity index (χ0v) is 10.6. The van der Waals surface area contributed by atoms with Gasteiger partial charge in [-0.05, 0) is 43.9 Å². The van der Waals surface area contributed by atoms with Crippen molar-refractivity contribution in [1.29, 1.82) is 0 Å². The molecule has 15 heavy (non-hydrogen) atoms. The third kappa shape index (κ3) is 2.96. The van der Waals surface area contributed by atoms with Gasteiger partial charge in [0, 0.05) is 12.1 Å². The van der Waals surface area contributed by atoms with Crippen LogP contribution >= 0.6 is 0 Å². The maximum atomic E-state index is 3.86. The normalized spacial score (nSPS) is 38.2. The van der Waals surface area contributed by atoms with Crippen LogP contribution in [-0.2, 0) is 0 Å². The first-order valence-corrected chi connectivity index (χ1v) is 6.96. The lowest BCUT2D eigenvalue weighted by atomic mass is 9.93. The number of hydrogen-bond donors (Lipinski definition) is 1. The van der Waals surface area contributed by atoms with E-state index >= 15 is 0 Å². The van der Waals surface area contributed by atoms with Crippen molar-refractivity contribution < 1.29 is 0 Å². The fourth-order valence-corrected chi connectivity index (χ4v) is 3.35. The van der Waals surface area contributed by atoms with Crippen LogP contribution in [0, 0.1) is 17.8 Å². The largest absolute Gasteiger partial charge is 0.311 e. The van der Waals surface area contributed by atoms with Gasteiger partial charge in [0.25, 0.3) is 0 Å². The van der Waals surface area contributed by atoms with Gasteiger partial charge in [0.1, 0.15) is 0 Å². The molecule has 4 atom stereocenters. The van der Waals surface area contributed by atoms with Crippen molar-refractivity contribution in [2.24, 2.45) is 17.8 Å². The molecule has 0 aromatic rings. The lowest BCUT2D eigenvalue weighted by Crippen LogP contribution is -2.39. The van der Waals surface area contributed by atoms with Gasteiger partial charge in [-0.15, -0.1) is 0 Å². The lowest BCUT2D eigenvalue weighted by Gasteiger charge is -2.25. The summed E-state index contributed by atoms with van der Waals surface area (Å²) in [5.74, 6) is 2.94. The smallest absolute Gasteiger partial charge is 0.00979 e. The molecule has 0 radical (unpaired) electrons. The van der Waals surface area contributed by atoms with E-state index in [9.17, 15) is 0 Å². The molecule has 1 heteroatoms. The summed E-state index contributed by atoms with van der Waals surface area (Å²) in [6, 6.07) is 1.56. The monoisotopic (exact) mass is 209 g/mol. The summed E-state index contributed by atoms with van der Waals surface area (Å²) in [5, 5.41) is 3.86. The molecular formula is C14H27N. The van der Waals surface area contributed by atoms with E-state index in [0.717, 1.165) is 29.8 Å². The first-order chi connectivity index (χ1) is 7.20. The van der Waals surface area contributed by atoms with Crippen molar-refractivity contribution in [3.05, 3.63) is 0 Å². The Morgan fingerprint density at radius 1 is 1.20 bits per heavy atom. The van der Waals surface area contributed by atoms with Gasteiger partial charge in [0.2, 0.25) is 0 Å². The maximum absolute atomic E-state index is 3.86. The van der Waals surface area contributed by atoms with Crippen molar-refractivity contribution in [3.63, 3.8) is 0 Å².